The van der Waals surface area contributed by atoms with Crippen molar-refractivity contribution >= 4 is 22.3 Å². The molecule has 0 N–H and O–H groups in total. The van der Waals surface area contributed by atoms with E-state index >= 15 is 0 Å². The second kappa shape index (κ2) is 6.79. The monoisotopic (exact) mass is 344 g/mol. The lowest BCUT2D eigenvalue weighted by molar-refractivity contribution is 0.321. The maximum absolute atomic E-state index is 4.33. The molecule has 4 heteroatoms. The summed E-state index contributed by atoms with van der Waals surface area (Å²) in [5, 5.41) is 8.60. The Morgan fingerprint density at radius 3 is 2.81 bits per heavy atom. The first-order valence-electron chi connectivity index (χ1n) is 9.15. The summed E-state index contributed by atoms with van der Waals surface area (Å²) in [5.41, 5.74) is 6.08. The van der Waals surface area contributed by atoms with Gasteiger partial charge in [-0.15, -0.1) is 5.10 Å². The van der Waals surface area contributed by atoms with E-state index in [0.717, 1.165) is 40.3 Å². The highest BCUT2D eigenvalue weighted by molar-refractivity contribution is 5.83. The van der Waals surface area contributed by atoms with E-state index in [-0.39, 0.29) is 0 Å². The van der Waals surface area contributed by atoms with Crippen LogP contribution < -0.4 is 4.90 Å². The van der Waals surface area contributed by atoms with E-state index < -0.39 is 0 Å². The Kier molecular flexibility index (Phi) is 4.33. The van der Waals surface area contributed by atoms with Crippen LogP contribution in [0.3, 0.4) is 0 Å². The molecule has 2 aromatic carbocycles. The van der Waals surface area contributed by atoms with Crippen LogP contribution in [0.4, 0.5) is 5.69 Å². The highest BCUT2D eigenvalue weighted by Gasteiger charge is 2.21. The van der Waals surface area contributed by atoms with E-state index in [4.69, 9.17) is 0 Å². The van der Waals surface area contributed by atoms with Gasteiger partial charge in [0.1, 0.15) is 5.52 Å². The van der Waals surface area contributed by atoms with Gasteiger partial charge in [0, 0.05) is 24.8 Å². The average molecular weight is 344 g/mol. The number of aromatic nitrogens is 3. The molecule has 4 rings (SSSR count). The number of hydrogen-bond acceptors (Lipinski definition) is 3. The quantitative estimate of drug-likeness (QED) is 0.599. The number of fused-ring (bicyclic) bond motifs is 1. The molecule has 0 spiro atoms. The number of allylic oxidation sites excluding steroid dienone is 2. The van der Waals surface area contributed by atoms with Crippen molar-refractivity contribution in [3.63, 3.8) is 0 Å². The van der Waals surface area contributed by atoms with Crippen LogP contribution in [0.2, 0.25) is 0 Å². The summed E-state index contributed by atoms with van der Waals surface area (Å²) in [6.45, 7) is 9.20. The Morgan fingerprint density at radius 1 is 1.27 bits per heavy atom. The number of anilines is 1. The van der Waals surface area contributed by atoms with E-state index in [1.165, 1.54) is 24.9 Å². The van der Waals surface area contributed by atoms with Crippen LogP contribution in [0.1, 0.15) is 24.8 Å². The largest absolute Gasteiger partial charge is 0.374 e. The lowest BCUT2D eigenvalue weighted by Gasteiger charge is -2.32. The molecule has 0 saturated heterocycles. The minimum absolute atomic E-state index is 0.809. The number of benzene rings is 2. The van der Waals surface area contributed by atoms with Gasteiger partial charge >= 0.3 is 0 Å². The third-order valence-electron chi connectivity index (χ3n) is 5.34. The van der Waals surface area contributed by atoms with Gasteiger partial charge in [0.05, 0.1) is 11.2 Å². The second-order valence-electron chi connectivity index (χ2n) is 7.10. The first-order chi connectivity index (χ1) is 12.7. The molecular formula is C22H24N4. The van der Waals surface area contributed by atoms with Crippen molar-refractivity contribution in [3.05, 3.63) is 67.3 Å². The predicted octanol–water partition coefficient (Wildman–Crippen LogP) is 4.86. The van der Waals surface area contributed by atoms with Crippen LogP contribution in [0, 0.1) is 5.92 Å². The molecule has 0 aliphatic heterocycles. The van der Waals surface area contributed by atoms with Gasteiger partial charge < -0.3 is 4.90 Å². The Labute approximate surface area is 154 Å². The minimum Gasteiger partial charge on any atom is -0.374 e. The van der Waals surface area contributed by atoms with E-state index in [9.17, 15) is 0 Å². The molecule has 0 unspecified atom stereocenters. The Morgan fingerprint density at radius 2 is 2.08 bits per heavy atom. The molecule has 0 bridgehead atoms. The first-order valence-corrected chi connectivity index (χ1v) is 9.15. The lowest BCUT2D eigenvalue weighted by atomic mass is 9.85. The van der Waals surface area contributed by atoms with Crippen molar-refractivity contribution < 1.29 is 0 Å². The number of nitrogens with zero attached hydrogens (tertiary/aromatic N) is 4. The zero-order chi connectivity index (χ0) is 18.1. The summed E-state index contributed by atoms with van der Waals surface area (Å²) in [5.74, 6) is 0.809. The van der Waals surface area contributed by atoms with Crippen LogP contribution in [0.5, 0.6) is 0 Å². The zero-order valence-electron chi connectivity index (χ0n) is 15.2. The normalized spacial score (nSPS) is 14.2. The maximum Gasteiger partial charge on any atom is 0.113 e. The zero-order valence-corrected chi connectivity index (χ0v) is 15.2. The van der Waals surface area contributed by atoms with E-state index in [0.29, 0.717) is 0 Å². The van der Waals surface area contributed by atoms with Crippen LogP contribution in [0.25, 0.3) is 22.3 Å². The SMILES string of the molecule is C=CC(=C)c1cc(-n2nnc3ccccc32)ccc1N(C)CC1CCC1. The summed E-state index contributed by atoms with van der Waals surface area (Å²) in [6.07, 6.45) is 5.86. The van der Waals surface area contributed by atoms with Crippen molar-refractivity contribution in [2.75, 3.05) is 18.5 Å². The van der Waals surface area contributed by atoms with Gasteiger partial charge in [-0.05, 0) is 54.7 Å². The Hall–Kier alpha value is -2.88. The van der Waals surface area contributed by atoms with Crippen molar-refractivity contribution in [3.8, 4) is 5.69 Å². The van der Waals surface area contributed by atoms with Gasteiger partial charge in [-0.2, -0.15) is 0 Å². The number of hydrogen-bond donors (Lipinski definition) is 0. The smallest absolute Gasteiger partial charge is 0.113 e. The fraction of sp³-hybridized carbons (Fsp3) is 0.273. The minimum atomic E-state index is 0.809. The molecule has 0 amide bonds. The fourth-order valence-electron chi connectivity index (χ4n) is 3.58. The lowest BCUT2D eigenvalue weighted by Crippen LogP contribution is -2.29. The highest BCUT2D eigenvalue weighted by atomic mass is 15.4. The van der Waals surface area contributed by atoms with Crippen molar-refractivity contribution in [1.29, 1.82) is 0 Å². The molecule has 1 aliphatic carbocycles. The average Bonchev–Trinajstić information content (AvgIpc) is 3.07. The molecular weight excluding hydrogens is 320 g/mol. The third-order valence-corrected chi connectivity index (χ3v) is 5.34. The molecule has 132 valence electrons. The molecule has 1 aromatic heterocycles. The third kappa shape index (κ3) is 2.92. The maximum atomic E-state index is 4.33. The van der Waals surface area contributed by atoms with Crippen LogP contribution in [-0.4, -0.2) is 28.6 Å². The predicted molar refractivity (Wildman–Crippen MR) is 109 cm³/mol. The van der Waals surface area contributed by atoms with E-state index in [1.54, 1.807) is 0 Å². The van der Waals surface area contributed by atoms with Crippen LogP contribution in [0.15, 0.2) is 61.7 Å². The Balaban J connectivity index is 1.75. The molecule has 4 nitrogen and oxygen atoms in total. The van der Waals surface area contributed by atoms with Crippen LogP contribution in [-0.2, 0) is 0 Å². The fourth-order valence-corrected chi connectivity index (χ4v) is 3.58. The Bertz CT molecular complexity index is 965. The molecule has 0 atom stereocenters. The summed E-state index contributed by atoms with van der Waals surface area (Å²) in [7, 11) is 2.16. The molecule has 1 aliphatic rings. The van der Waals surface area contributed by atoms with Gasteiger partial charge in [0.25, 0.3) is 0 Å². The van der Waals surface area contributed by atoms with Gasteiger partial charge in [-0.1, -0.05) is 43.0 Å². The molecule has 1 saturated carbocycles. The topological polar surface area (TPSA) is 34.0 Å². The first kappa shape index (κ1) is 16.6. The van der Waals surface area contributed by atoms with Crippen LogP contribution >= 0.6 is 0 Å². The van der Waals surface area contributed by atoms with Gasteiger partial charge in [-0.25, -0.2) is 4.68 Å². The van der Waals surface area contributed by atoms with Gasteiger partial charge in [0.2, 0.25) is 0 Å². The summed E-state index contributed by atoms with van der Waals surface area (Å²) in [4.78, 5) is 2.34. The summed E-state index contributed by atoms with van der Waals surface area (Å²) >= 11 is 0. The highest BCUT2D eigenvalue weighted by Crippen LogP contribution is 2.33. The van der Waals surface area contributed by atoms with Gasteiger partial charge in [0.15, 0.2) is 0 Å². The number of rotatable bonds is 6. The summed E-state index contributed by atoms with van der Waals surface area (Å²) < 4.78 is 1.88. The number of para-hydroxylation sites is 1. The van der Waals surface area contributed by atoms with Crippen molar-refractivity contribution in [2.24, 2.45) is 5.92 Å². The van der Waals surface area contributed by atoms with Crippen molar-refractivity contribution in [2.45, 2.75) is 19.3 Å². The van der Waals surface area contributed by atoms with E-state index in [1.807, 2.05) is 35.0 Å². The standard InChI is InChI=1S/C22H24N4/c1-4-16(2)19-14-18(26-22-11-6-5-10-20(22)23-24-26)12-13-21(19)25(3)15-17-8-7-9-17/h4-6,10-14,17H,1-2,7-9,15H2,3H3. The van der Waals surface area contributed by atoms with Gasteiger partial charge in [-0.3, -0.25) is 0 Å². The summed E-state index contributed by atoms with van der Waals surface area (Å²) in [6, 6.07) is 14.4. The molecule has 26 heavy (non-hydrogen) atoms. The molecule has 1 heterocycles. The molecule has 0 radical (unpaired) electrons. The molecule has 3 aromatic rings. The second-order valence-corrected chi connectivity index (χ2v) is 7.10. The molecule has 1 fully saturated rings. The van der Waals surface area contributed by atoms with Crippen molar-refractivity contribution in [1.82, 2.24) is 15.0 Å². The van der Waals surface area contributed by atoms with E-state index in [2.05, 4.69) is 53.6 Å².